The maximum atomic E-state index is 2.49. The molecule has 1 aliphatic heterocycles. The second-order valence-electron chi connectivity index (χ2n) is 16.8. The van der Waals surface area contributed by atoms with Gasteiger partial charge >= 0.3 is 0 Å². The van der Waals surface area contributed by atoms with Crippen LogP contribution in [0.25, 0.3) is 33.4 Å². The largest absolute Gasteiger partial charge is 0.310 e. The van der Waals surface area contributed by atoms with Crippen LogP contribution in [-0.4, -0.2) is 0 Å². The van der Waals surface area contributed by atoms with Gasteiger partial charge in [-0.25, -0.2) is 0 Å². The Morgan fingerprint density at radius 2 is 0.883 bits per heavy atom. The van der Waals surface area contributed by atoms with E-state index in [4.69, 9.17) is 0 Å². The summed E-state index contributed by atoms with van der Waals surface area (Å²) in [6, 6.07) is 80.9. The highest BCUT2D eigenvalue weighted by Crippen LogP contribution is 2.64. The van der Waals surface area contributed by atoms with Crippen molar-refractivity contribution in [2.45, 2.75) is 24.7 Å². The van der Waals surface area contributed by atoms with Crippen molar-refractivity contribution in [2.24, 2.45) is 0 Å². The molecule has 0 saturated heterocycles. The minimum Gasteiger partial charge on any atom is -0.310 e. The number of fused-ring (bicyclic) bond motifs is 12. The average Bonchev–Trinajstić information content (AvgIpc) is 3.73. The Labute approximate surface area is 352 Å². The number of anilines is 6. The Bertz CT molecular complexity index is 3090. The topological polar surface area (TPSA) is 6.48 Å². The maximum absolute atomic E-state index is 2.49. The molecule has 284 valence electrons. The van der Waals surface area contributed by atoms with Crippen LogP contribution in [0.5, 0.6) is 0 Å². The van der Waals surface area contributed by atoms with Gasteiger partial charge in [0.25, 0.3) is 0 Å². The zero-order valence-corrected chi connectivity index (χ0v) is 33.7. The van der Waals surface area contributed by atoms with Gasteiger partial charge in [-0.1, -0.05) is 178 Å². The standard InChI is InChI=1S/C58H42N2/c1-57(2)46-27-12-10-26-44(46)56-51(57)31-19-35-55(56)59(40-20-5-3-6-21-40)52-32-16-11-24-42(52)39-36-37-48-45(38-39)43-25-9-13-28-47(43)58(48)49-29-14-17-33-53(49)60(41-22-7-4-8-23-41)54-34-18-15-30-50(54)58/h3-38H,1-2H3. The third-order valence-corrected chi connectivity index (χ3v) is 13.5. The van der Waals surface area contributed by atoms with E-state index in [1.54, 1.807) is 0 Å². The van der Waals surface area contributed by atoms with Crippen molar-refractivity contribution in [2.75, 3.05) is 9.80 Å². The molecule has 0 fully saturated rings. The molecular weight excluding hydrogens is 725 g/mol. The Morgan fingerprint density at radius 1 is 0.367 bits per heavy atom. The number of hydrogen-bond acceptors (Lipinski definition) is 2. The minimum atomic E-state index is -0.497. The van der Waals surface area contributed by atoms with Gasteiger partial charge in [-0.3, -0.25) is 0 Å². The lowest BCUT2D eigenvalue weighted by Gasteiger charge is -2.45. The Morgan fingerprint density at radius 3 is 1.60 bits per heavy atom. The first-order valence-corrected chi connectivity index (χ1v) is 21.0. The second kappa shape index (κ2) is 13.0. The quantitative estimate of drug-likeness (QED) is 0.172. The van der Waals surface area contributed by atoms with Crippen LogP contribution in [0.15, 0.2) is 218 Å². The molecule has 2 aliphatic carbocycles. The van der Waals surface area contributed by atoms with Gasteiger partial charge in [-0.05, 0) is 110 Å². The van der Waals surface area contributed by atoms with Crippen LogP contribution in [0.4, 0.5) is 34.1 Å². The Kier molecular flexibility index (Phi) is 7.52. The molecule has 0 amide bonds. The van der Waals surface area contributed by atoms with E-state index < -0.39 is 5.41 Å². The Hall–Kier alpha value is -7.42. The van der Waals surface area contributed by atoms with E-state index in [1.807, 2.05) is 0 Å². The van der Waals surface area contributed by atoms with Crippen LogP contribution in [0, 0.1) is 0 Å². The molecular formula is C58H42N2. The molecule has 2 nitrogen and oxygen atoms in total. The van der Waals surface area contributed by atoms with Gasteiger partial charge in [0.2, 0.25) is 0 Å². The summed E-state index contributed by atoms with van der Waals surface area (Å²) in [5.41, 5.74) is 21.9. The number of rotatable bonds is 5. The smallest absolute Gasteiger partial charge is 0.0754 e. The third-order valence-electron chi connectivity index (χ3n) is 13.5. The summed E-state index contributed by atoms with van der Waals surface area (Å²) in [7, 11) is 0. The molecule has 0 radical (unpaired) electrons. The lowest BCUT2D eigenvalue weighted by Crippen LogP contribution is -2.36. The summed E-state index contributed by atoms with van der Waals surface area (Å²) in [5.74, 6) is 0. The average molecular weight is 767 g/mol. The first-order valence-electron chi connectivity index (χ1n) is 21.0. The van der Waals surface area contributed by atoms with E-state index in [-0.39, 0.29) is 5.41 Å². The molecule has 0 unspecified atom stereocenters. The van der Waals surface area contributed by atoms with Crippen molar-refractivity contribution in [1.29, 1.82) is 0 Å². The van der Waals surface area contributed by atoms with Crippen molar-refractivity contribution in [3.8, 4) is 33.4 Å². The predicted molar refractivity (Wildman–Crippen MR) is 250 cm³/mol. The van der Waals surface area contributed by atoms with Gasteiger partial charge in [0.1, 0.15) is 0 Å². The van der Waals surface area contributed by atoms with Gasteiger partial charge < -0.3 is 9.80 Å². The van der Waals surface area contributed by atoms with Gasteiger partial charge in [0, 0.05) is 27.9 Å². The molecule has 0 atom stereocenters. The molecule has 60 heavy (non-hydrogen) atoms. The summed E-state index contributed by atoms with van der Waals surface area (Å²) in [6.07, 6.45) is 0. The normalized spacial score (nSPS) is 14.4. The molecule has 0 N–H and O–H groups in total. The van der Waals surface area contributed by atoms with Crippen molar-refractivity contribution < 1.29 is 0 Å². The van der Waals surface area contributed by atoms with E-state index in [0.717, 1.165) is 17.1 Å². The summed E-state index contributed by atoms with van der Waals surface area (Å²) in [5, 5.41) is 0. The minimum absolute atomic E-state index is 0.109. The third kappa shape index (κ3) is 4.70. The van der Waals surface area contributed by atoms with E-state index in [1.165, 1.54) is 83.8 Å². The van der Waals surface area contributed by atoms with Gasteiger partial charge in [0.15, 0.2) is 0 Å². The lowest BCUT2D eigenvalue weighted by atomic mass is 9.64. The fourth-order valence-corrected chi connectivity index (χ4v) is 11.0. The van der Waals surface area contributed by atoms with E-state index in [2.05, 4.69) is 242 Å². The van der Waals surface area contributed by atoms with Crippen molar-refractivity contribution in [1.82, 2.24) is 0 Å². The molecule has 9 aromatic carbocycles. The molecule has 3 aliphatic rings. The summed E-state index contributed by atoms with van der Waals surface area (Å²) >= 11 is 0. The van der Waals surface area contributed by atoms with Crippen LogP contribution in [0.3, 0.4) is 0 Å². The van der Waals surface area contributed by atoms with Crippen LogP contribution in [0.1, 0.15) is 47.2 Å². The van der Waals surface area contributed by atoms with E-state index >= 15 is 0 Å². The van der Waals surface area contributed by atoms with Gasteiger partial charge in [-0.2, -0.15) is 0 Å². The molecule has 1 heterocycles. The summed E-state index contributed by atoms with van der Waals surface area (Å²) in [6.45, 7) is 4.72. The summed E-state index contributed by atoms with van der Waals surface area (Å²) < 4.78 is 0. The van der Waals surface area contributed by atoms with Crippen LogP contribution >= 0.6 is 0 Å². The van der Waals surface area contributed by atoms with Crippen LogP contribution in [0.2, 0.25) is 0 Å². The van der Waals surface area contributed by atoms with Crippen molar-refractivity contribution in [3.05, 3.63) is 252 Å². The van der Waals surface area contributed by atoms with E-state index in [9.17, 15) is 0 Å². The van der Waals surface area contributed by atoms with Crippen molar-refractivity contribution >= 4 is 34.1 Å². The lowest BCUT2D eigenvalue weighted by molar-refractivity contribution is 0.660. The zero-order chi connectivity index (χ0) is 40.0. The first kappa shape index (κ1) is 34.6. The fourth-order valence-electron chi connectivity index (χ4n) is 11.0. The molecule has 9 aromatic rings. The molecule has 12 rings (SSSR count). The molecule has 0 aromatic heterocycles. The van der Waals surface area contributed by atoms with E-state index in [0.29, 0.717) is 0 Å². The maximum Gasteiger partial charge on any atom is 0.0754 e. The SMILES string of the molecule is CC1(C)c2ccccc2-c2c(N(c3ccccc3)c3ccccc3-c3ccc4c(c3)-c3ccccc3C43c4ccccc4N(c4ccccc4)c4ccccc43)cccc21. The molecule has 0 saturated carbocycles. The zero-order valence-electron chi connectivity index (χ0n) is 33.7. The highest BCUT2D eigenvalue weighted by atomic mass is 15.2. The number of benzene rings is 9. The van der Waals surface area contributed by atoms with Gasteiger partial charge in [0.05, 0.1) is 28.2 Å². The fraction of sp³-hybridized carbons (Fsp3) is 0.0690. The first-order chi connectivity index (χ1) is 29.6. The highest BCUT2D eigenvalue weighted by Gasteiger charge is 2.51. The molecule has 0 bridgehead atoms. The molecule has 2 heteroatoms. The van der Waals surface area contributed by atoms with Crippen LogP contribution < -0.4 is 9.80 Å². The number of nitrogens with zero attached hydrogens (tertiary/aromatic N) is 2. The van der Waals surface area contributed by atoms with Crippen molar-refractivity contribution in [3.63, 3.8) is 0 Å². The van der Waals surface area contributed by atoms with Crippen LogP contribution in [-0.2, 0) is 10.8 Å². The predicted octanol–water partition coefficient (Wildman–Crippen LogP) is 15.3. The summed E-state index contributed by atoms with van der Waals surface area (Å²) in [4.78, 5) is 4.93. The molecule has 1 spiro atoms. The monoisotopic (exact) mass is 766 g/mol. The Balaban J connectivity index is 1.09. The highest BCUT2D eigenvalue weighted by molar-refractivity contribution is 6.00. The second-order valence-corrected chi connectivity index (χ2v) is 16.8. The number of para-hydroxylation sites is 5. The number of hydrogen-bond donors (Lipinski definition) is 0. The van der Waals surface area contributed by atoms with Gasteiger partial charge in [-0.15, -0.1) is 0 Å².